The minimum atomic E-state index is -0.380. The van der Waals surface area contributed by atoms with Gasteiger partial charge in [0.2, 0.25) is 0 Å². The minimum Gasteiger partial charge on any atom is -0.491 e. The first kappa shape index (κ1) is 16.3. The van der Waals surface area contributed by atoms with E-state index in [2.05, 4.69) is 11.7 Å². The van der Waals surface area contributed by atoms with E-state index in [0.717, 1.165) is 12.8 Å². The lowest BCUT2D eigenvalue weighted by molar-refractivity contribution is 0.0600. The molecule has 0 atom stereocenters. The van der Waals surface area contributed by atoms with Crippen molar-refractivity contribution in [3.8, 4) is 5.75 Å². The number of nitrogen functional groups attached to an aromatic ring is 1. The van der Waals surface area contributed by atoms with Gasteiger partial charge < -0.3 is 15.2 Å². The molecule has 1 aromatic carbocycles. The highest BCUT2D eigenvalue weighted by Gasteiger charge is 2.09. The van der Waals surface area contributed by atoms with Crippen molar-refractivity contribution < 1.29 is 14.3 Å². The van der Waals surface area contributed by atoms with Crippen LogP contribution < -0.4 is 10.5 Å². The van der Waals surface area contributed by atoms with Crippen LogP contribution in [0.25, 0.3) is 0 Å². The van der Waals surface area contributed by atoms with Crippen molar-refractivity contribution in [1.82, 2.24) is 0 Å². The maximum absolute atomic E-state index is 11.4. The Balaban J connectivity index is 2.37. The van der Waals surface area contributed by atoms with Crippen LogP contribution in [0.1, 0.15) is 55.8 Å². The Labute approximate surface area is 121 Å². The largest absolute Gasteiger partial charge is 0.491 e. The van der Waals surface area contributed by atoms with Gasteiger partial charge in [-0.1, -0.05) is 39.0 Å². The highest BCUT2D eigenvalue weighted by atomic mass is 16.5. The molecule has 4 nitrogen and oxygen atoms in total. The monoisotopic (exact) mass is 279 g/mol. The lowest BCUT2D eigenvalue weighted by Crippen LogP contribution is -2.05. The highest BCUT2D eigenvalue weighted by Crippen LogP contribution is 2.23. The van der Waals surface area contributed by atoms with Gasteiger partial charge in [0.05, 0.1) is 25.0 Å². The van der Waals surface area contributed by atoms with Crippen LogP contribution in [0.4, 0.5) is 5.69 Å². The quantitative estimate of drug-likeness (QED) is 0.424. The number of rotatable bonds is 9. The molecule has 0 unspecified atom stereocenters. The Kier molecular flexibility index (Phi) is 7.55. The Morgan fingerprint density at radius 1 is 1.15 bits per heavy atom. The average molecular weight is 279 g/mol. The molecule has 1 rings (SSSR count). The second-order valence-corrected chi connectivity index (χ2v) is 4.86. The predicted molar refractivity (Wildman–Crippen MR) is 81.1 cm³/mol. The molecule has 0 aromatic heterocycles. The lowest BCUT2D eigenvalue weighted by atomic mass is 10.1. The minimum absolute atomic E-state index is 0.380. The van der Waals surface area contributed by atoms with Crippen LogP contribution in [0.15, 0.2) is 18.2 Å². The standard InChI is InChI=1S/C16H25NO3/c1-3-4-5-6-7-8-11-20-15-12-13(16(18)19-2)9-10-14(15)17/h9-10,12H,3-8,11,17H2,1-2H3. The van der Waals surface area contributed by atoms with E-state index in [9.17, 15) is 4.79 Å². The Hall–Kier alpha value is -1.71. The summed E-state index contributed by atoms with van der Waals surface area (Å²) in [4.78, 5) is 11.4. The molecule has 0 aliphatic carbocycles. The number of hydrogen-bond acceptors (Lipinski definition) is 4. The highest BCUT2D eigenvalue weighted by molar-refractivity contribution is 5.90. The Bertz CT molecular complexity index is 418. The molecule has 1 aromatic rings. The van der Waals surface area contributed by atoms with E-state index in [-0.39, 0.29) is 5.97 Å². The van der Waals surface area contributed by atoms with E-state index in [1.165, 1.54) is 32.8 Å². The average Bonchev–Trinajstić information content (AvgIpc) is 2.47. The smallest absolute Gasteiger partial charge is 0.337 e. The molecule has 0 saturated carbocycles. The van der Waals surface area contributed by atoms with Gasteiger partial charge in [0.15, 0.2) is 0 Å². The van der Waals surface area contributed by atoms with Crippen LogP contribution in [0, 0.1) is 0 Å². The summed E-state index contributed by atoms with van der Waals surface area (Å²) in [6.07, 6.45) is 7.26. The molecule has 4 heteroatoms. The van der Waals surface area contributed by atoms with Gasteiger partial charge in [0.1, 0.15) is 5.75 Å². The summed E-state index contributed by atoms with van der Waals surface area (Å²) in [7, 11) is 1.36. The van der Waals surface area contributed by atoms with Crippen molar-refractivity contribution in [2.75, 3.05) is 19.5 Å². The number of carbonyl (C=O) groups is 1. The van der Waals surface area contributed by atoms with E-state index in [4.69, 9.17) is 10.5 Å². The van der Waals surface area contributed by atoms with Crippen molar-refractivity contribution in [2.45, 2.75) is 45.4 Å². The van der Waals surface area contributed by atoms with E-state index in [0.29, 0.717) is 23.6 Å². The molecular weight excluding hydrogens is 254 g/mol. The van der Waals surface area contributed by atoms with Crippen LogP contribution in [-0.2, 0) is 4.74 Å². The number of anilines is 1. The molecule has 0 saturated heterocycles. The molecule has 0 heterocycles. The summed E-state index contributed by atoms with van der Waals surface area (Å²) in [6, 6.07) is 4.94. The Morgan fingerprint density at radius 3 is 2.55 bits per heavy atom. The fourth-order valence-electron chi connectivity index (χ4n) is 1.97. The normalized spacial score (nSPS) is 10.3. The number of hydrogen-bond donors (Lipinski definition) is 1. The molecular formula is C16H25NO3. The number of ether oxygens (including phenoxy) is 2. The SMILES string of the molecule is CCCCCCCCOc1cc(C(=O)OC)ccc1N. The molecule has 0 amide bonds. The predicted octanol–water partition coefficient (Wildman–Crippen LogP) is 3.79. The topological polar surface area (TPSA) is 61.5 Å². The van der Waals surface area contributed by atoms with Gasteiger partial charge in [-0.05, 0) is 24.6 Å². The third-order valence-corrected chi connectivity index (χ3v) is 3.19. The van der Waals surface area contributed by atoms with Gasteiger partial charge >= 0.3 is 5.97 Å². The maximum atomic E-state index is 11.4. The fourth-order valence-corrected chi connectivity index (χ4v) is 1.97. The molecule has 0 fully saturated rings. The third-order valence-electron chi connectivity index (χ3n) is 3.19. The first-order valence-corrected chi connectivity index (χ1v) is 7.29. The van der Waals surface area contributed by atoms with E-state index in [1.807, 2.05) is 0 Å². The Morgan fingerprint density at radius 2 is 1.85 bits per heavy atom. The molecule has 112 valence electrons. The summed E-state index contributed by atoms with van der Waals surface area (Å²) < 4.78 is 10.3. The molecule has 0 radical (unpaired) electrons. The summed E-state index contributed by atoms with van der Waals surface area (Å²) in [5.74, 6) is 0.177. The zero-order chi connectivity index (χ0) is 14.8. The first-order valence-electron chi connectivity index (χ1n) is 7.29. The van der Waals surface area contributed by atoms with Gasteiger partial charge in [0.25, 0.3) is 0 Å². The lowest BCUT2D eigenvalue weighted by Gasteiger charge is -2.10. The van der Waals surface area contributed by atoms with E-state index >= 15 is 0 Å². The van der Waals surface area contributed by atoms with Crippen LogP contribution in [0.3, 0.4) is 0 Å². The molecule has 2 N–H and O–H groups in total. The summed E-state index contributed by atoms with van der Waals surface area (Å²) in [5, 5.41) is 0. The van der Waals surface area contributed by atoms with Crippen molar-refractivity contribution in [3.63, 3.8) is 0 Å². The van der Waals surface area contributed by atoms with Crippen molar-refractivity contribution in [3.05, 3.63) is 23.8 Å². The van der Waals surface area contributed by atoms with Gasteiger partial charge in [0, 0.05) is 0 Å². The van der Waals surface area contributed by atoms with Crippen LogP contribution in [0.5, 0.6) is 5.75 Å². The first-order chi connectivity index (χ1) is 9.69. The van der Waals surface area contributed by atoms with Crippen molar-refractivity contribution in [1.29, 1.82) is 0 Å². The maximum Gasteiger partial charge on any atom is 0.337 e. The number of methoxy groups -OCH3 is 1. The van der Waals surface area contributed by atoms with E-state index < -0.39 is 0 Å². The summed E-state index contributed by atoms with van der Waals surface area (Å²) >= 11 is 0. The molecule has 0 spiro atoms. The van der Waals surface area contributed by atoms with Gasteiger partial charge in [-0.3, -0.25) is 0 Å². The van der Waals surface area contributed by atoms with Crippen molar-refractivity contribution >= 4 is 11.7 Å². The summed E-state index contributed by atoms with van der Waals surface area (Å²) in [6.45, 7) is 2.83. The molecule has 0 aliphatic heterocycles. The van der Waals surface area contributed by atoms with Crippen LogP contribution in [0.2, 0.25) is 0 Å². The zero-order valence-corrected chi connectivity index (χ0v) is 12.5. The second-order valence-electron chi connectivity index (χ2n) is 4.86. The van der Waals surface area contributed by atoms with Crippen LogP contribution in [-0.4, -0.2) is 19.7 Å². The second kappa shape index (κ2) is 9.23. The van der Waals surface area contributed by atoms with Gasteiger partial charge in [-0.15, -0.1) is 0 Å². The number of esters is 1. The molecule has 20 heavy (non-hydrogen) atoms. The van der Waals surface area contributed by atoms with Gasteiger partial charge in [-0.2, -0.15) is 0 Å². The number of benzene rings is 1. The zero-order valence-electron chi connectivity index (χ0n) is 12.5. The number of nitrogens with two attached hydrogens (primary N) is 1. The van der Waals surface area contributed by atoms with Crippen molar-refractivity contribution in [2.24, 2.45) is 0 Å². The summed E-state index contributed by atoms with van der Waals surface area (Å²) in [5.41, 5.74) is 6.84. The molecule has 0 bridgehead atoms. The van der Waals surface area contributed by atoms with Crippen LogP contribution >= 0.6 is 0 Å². The van der Waals surface area contributed by atoms with Gasteiger partial charge in [-0.25, -0.2) is 4.79 Å². The molecule has 0 aliphatic rings. The third kappa shape index (κ3) is 5.51. The van der Waals surface area contributed by atoms with E-state index in [1.54, 1.807) is 18.2 Å². The number of carbonyl (C=O) groups excluding carboxylic acids is 1. The number of unbranched alkanes of at least 4 members (excludes halogenated alkanes) is 5. The fraction of sp³-hybridized carbons (Fsp3) is 0.562.